The summed E-state index contributed by atoms with van der Waals surface area (Å²) in [4.78, 5) is 4.31. The summed E-state index contributed by atoms with van der Waals surface area (Å²) in [5.74, 6) is 0.694. The Morgan fingerprint density at radius 1 is 1.47 bits per heavy atom. The fourth-order valence-electron chi connectivity index (χ4n) is 1.75. The maximum atomic E-state index is 5.43. The van der Waals surface area contributed by atoms with Crippen LogP contribution >= 0.6 is 0 Å². The molecule has 4 heteroatoms. The summed E-state index contributed by atoms with van der Waals surface area (Å²) < 4.78 is 10.8. The van der Waals surface area contributed by atoms with Crippen molar-refractivity contribution in [1.29, 1.82) is 0 Å². The molecule has 1 heterocycles. The third-order valence-electron chi connectivity index (χ3n) is 2.48. The molecule has 0 saturated carbocycles. The molecule has 0 aliphatic heterocycles. The van der Waals surface area contributed by atoms with E-state index in [2.05, 4.69) is 17.2 Å². The predicted molar refractivity (Wildman–Crippen MR) is 68.3 cm³/mol. The minimum Gasteiger partial charge on any atom is -0.441 e. The van der Waals surface area contributed by atoms with Crippen LogP contribution in [0.15, 0.2) is 22.6 Å². The highest BCUT2D eigenvalue weighted by atomic mass is 16.5. The number of ether oxygens (including phenoxy) is 1. The molecule has 0 aliphatic carbocycles. The van der Waals surface area contributed by atoms with Crippen molar-refractivity contribution < 1.29 is 9.15 Å². The smallest absolute Gasteiger partial charge is 0.192 e. The first-order chi connectivity index (χ1) is 8.19. The number of oxazole rings is 1. The topological polar surface area (TPSA) is 47.3 Å². The highest BCUT2D eigenvalue weighted by molar-refractivity contribution is 5.77. The number of anilines is 1. The minimum absolute atomic E-state index is 0.278. The molecule has 2 aromatic rings. The Hall–Kier alpha value is -1.55. The van der Waals surface area contributed by atoms with Crippen molar-refractivity contribution in [2.24, 2.45) is 0 Å². The zero-order chi connectivity index (χ0) is 12.3. The number of nitrogens with zero attached hydrogens (tertiary/aromatic N) is 1. The maximum Gasteiger partial charge on any atom is 0.192 e. The molecule has 1 atom stereocenters. The van der Waals surface area contributed by atoms with Crippen molar-refractivity contribution in [3.8, 4) is 0 Å². The third kappa shape index (κ3) is 2.97. The molecule has 0 amide bonds. The van der Waals surface area contributed by atoms with Gasteiger partial charge in [-0.15, -0.1) is 0 Å². The Balaban J connectivity index is 2.08. The van der Waals surface area contributed by atoms with Crippen LogP contribution in [0.2, 0.25) is 0 Å². The number of hydrogen-bond donors (Lipinski definition) is 1. The average molecular weight is 234 g/mol. The number of nitrogens with one attached hydrogen (secondary N) is 1. The van der Waals surface area contributed by atoms with Gasteiger partial charge in [0.2, 0.25) is 0 Å². The van der Waals surface area contributed by atoms with E-state index >= 15 is 0 Å². The molecule has 17 heavy (non-hydrogen) atoms. The van der Waals surface area contributed by atoms with Gasteiger partial charge in [-0.3, -0.25) is 0 Å². The van der Waals surface area contributed by atoms with Gasteiger partial charge >= 0.3 is 0 Å². The van der Waals surface area contributed by atoms with Gasteiger partial charge in [-0.05, 0) is 32.0 Å². The molecule has 4 nitrogen and oxygen atoms in total. The first-order valence-electron chi connectivity index (χ1n) is 5.90. The van der Waals surface area contributed by atoms with Crippen LogP contribution in [0.4, 0.5) is 5.69 Å². The summed E-state index contributed by atoms with van der Waals surface area (Å²) in [6, 6.07) is 6.20. The first kappa shape index (κ1) is 11.9. The fraction of sp³-hybridized carbons (Fsp3) is 0.462. The molecule has 1 N–H and O–H groups in total. The molecular formula is C13H18N2O2. The summed E-state index contributed by atoms with van der Waals surface area (Å²) in [5.41, 5.74) is 2.75. The summed E-state index contributed by atoms with van der Waals surface area (Å²) in [6.07, 6.45) is 0. The number of fused-ring (bicyclic) bond motifs is 1. The van der Waals surface area contributed by atoms with Crippen LogP contribution in [0.1, 0.15) is 19.7 Å². The molecule has 0 radical (unpaired) electrons. The van der Waals surface area contributed by atoms with Crippen LogP contribution in [0.3, 0.4) is 0 Å². The van der Waals surface area contributed by atoms with E-state index < -0.39 is 0 Å². The molecule has 1 unspecified atom stereocenters. The van der Waals surface area contributed by atoms with E-state index in [4.69, 9.17) is 9.15 Å². The summed E-state index contributed by atoms with van der Waals surface area (Å²) >= 11 is 0. The van der Waals surface area contributed by atoms with Crippen LogP contribution in [0.5, 0.6) is 0 Å². The molecule has 0 spiro atoms. The summed E-state index contributed by atoms with van der Waals surface area (Å²) in [5, 5.41) is 3.37. The lowest BCUT2D eigenvalue weighted by Gasteiger charge is -2.14. The number of aromatic nitrogens is 1. The Labute approximate surface area is 101 Å². The van der Waals surface area contributed by atoms with E-state index in [1.54, 1.807) is 0 Å². The number of hydrogen-bond acceptors (Lipinski definition) is 4. The molecular weight excluding hydrogens is 216 g/mol. The zero-order valence-corrected chi connectivity index (χ0v) is 10.5. The predicted octanol–water partition coefficient (Wildman–Crippen LogP) is 2.97. The molecule has 92 valence electrons. The molecule has 0 fully saturated rings. The van der Waals surface area contributed by atoms with Crippen LogP contribution in [0, 0.1) is 6.92 Å². The lowest BCUT2D eigenvalue weighted by Crippen LogP contribution is -2.21. The lowest BCUT2D eigenvalue weighted by atomic mass is 10.2. The highest BCUT2D eigenvalue weighted by Crippen LogP contribution is 2.20. The van der Waals surface area contributed by atoms with Crippen molar-refractivity contribution in [2.45, 2.75) is 26.8 Å². The fourth-order valence-corrected chi connectivity index (χ4v) is 1.75. The standard InChI is InChI=1S/C13H18N2O2/c1-4-16-8-9(2)14-11-5-6-13-12(7-11)15-10(3)17-13/h5-7,9,14H,4,8H2,1-3H3. The molecule has 1 aromatic heterocycles. The molecule has 0 saturated heterocycles. The van der Waals surface area contributed by atoms with E-state index in [1.165, 1.54) is 0 Å². The maximum absolute atomic E-state index is 5.43. The second-order valence-electron chi connectivity index (χ2n) is 4.12. The zero-order valence-electron chi connectivity index (χ0n) is 10.5. The van der Waals surface area contributed by atoms with Crippen LogP contribution in [-0.4, -0.2) is 24.2 Å². The third-order valence-corrected chi connectivity index (χ3v) is 2.48. The second-order valence-corrected chi connectivity index (χ2v) is 4.12. The normalized spacial score (nSPS) is 12.9. The van der Waals surface area contributed by atoms with Crippen molar-refractivity contribution in [3.63, 3.8) is 0 Å². The van der Waals surface area contributed by atoms with Gasteiger partial charge in [0.05, 0.1) is 6.61 Å². The van der Waals surface area contributed by atoms with E-state index in [-0.39, 0.29) is 6.04 Å². The molecule has 2 rings (SSSR count). The van der Waals surface area contributed by atoms with E-state index in [0.717, 1.165) is 23.4 Å². The van der Waals surface area contributed by atoms with E-state index in [1.807, 2.05) is 32.0 Å². The van der Waals surface area contributed by atoms with Gasteiger partial charge in [-0.2, -0.15) is 0 Å². The van der Waals surface area contributed by atoms with E-state index in [0.29, 0.717) is 12.5 Å². The van der Waals surface area contributed by atoms with Gasteiger partial charge in [0.1, 0.15) is 5.52 Å². The van der Waals surface area contributed by atoms with Gasteiger partial charge in [0, 0.05) is 25.3 Å². The Bertz CT molecular complexity index is 493. The second kappa shape index (κ2) is 5.19. The van der Waals surface area contributed by atoms with Gasteiger partial charge in [0.25, 0.3) is 0 Å². The van der Waals surface area contributed by atoms with Crippen molar-refractivity contribution in [2.75, 3.05) is 18.5 Å². The van der Waals surface area contributed by atoms with Crippen molar-refractivity contribution in [3.05, 3.63) is 24.1 Å². The van der Waals surface area contributed by atoms with E-state index in [9.17, 15) is 0 Å². The Kier molecular flexibility index (Phi) is 3.64. The van der Waals surface area contributed by atoms with Crippen LogP contribution in [-0.2, 0) is 4.74 Å². The first-order valence-corrected chi connectivity index (χ1v) is 5.90. The monoisotopic (exact) mass is 234 g/mol. The lowest BCUT2D eigenvalue weighted by molar-refractivity contribution is 0.141. The van der Waals surface area contributed by atoms with Crippen LogP contribution < -0.4 is 5.32 Å². The van der Waals surface area contributed by atoms with Gasteiger partial charge in [-0.1, -0.05) is 0 Å². The number of aryl methyl sites for hydroxylation is 1. The average Bonchev–Trinajstić information content (AvgIpc) is 2.65. The van der Waals surface area contributed by atoms with Crippen molar-refractivity contribution in [1.82, 2.24) is 4.98 Å². The number of benzene rings is 1. The molecule has 0 aliphatic rings. The van der Waals surface area contributed by atoms with Crippen molar-refractivity contribution >= 4 is 16.8 Å². The quantitative estimate of drug-likeness (QED) is 0.864. The SMILES string of the molecule is CCOCC(C)Nc1ccc2oc(C)nc2c1. The summed E-state index contributed by atoms with van der Waals surface area (Å²) in [6.45, 7) is 7.38. The Morgan fingerprint density at radius 3 is 3.06 bits per heavy atom. The minimum atomic E-state index is 0.278. The largest absolute Gasteiger partial charge is 0.441 e. The van der Waals surface area contributed by atoms with Gasteiger partial charge in [-0.25, -0.2) is 4.98 Å². The Morgan fingerprint density at radius 2 is 2.29 bits per heavy atom. The molecule has 0 bridgehead atoms. The number of rotatable bonds is 5. The van der Waals surface area contributed by atoms with Gasteiger partial charge in [0.15, 0.2) is 11.5 Å². The van der Waals surface area contributed by atoms with Gasteiger partial charge < -0.3 is 14.5 Å². The summed E-state index contributed by atoms with van der Waals surface area (Å²) in [7, 11) is 0. The van der Waals surface area contributed by atoms with Crippen LogP contribution in [0.25, 0.3) is 11.1 Å². The molecule has 1 aromatic carbocycles. The highest BCUT2D eigenvalue weighted by Gasteiger charge is 2.05.